The van der Waals surface area contributed by atoms with Crippen molar-refractivity contribution in [2.75, 3.05) is 12.4 Å². The number of aliphatic hydroxyl groups excluding tert-OH is 3. The molecule has 1 unspecified atom stereocenters. The molecular weight excluding hydrogens is 382 g/mol. The minimum absolute atomic E-state index is 0.319. The maximum Gasteiger partial charge on any atom is 0.223 e. The van der Waals surface area contributed by atoms with Gasteiger partial charge in [0.15, 0.2) is 0 Å². The molecule has 2 heterocycles. The third-order valence-corrected chi connectivity index (χ3v) is 6.57. The van der Waals surface area contributed by atoms with Crippen LogP contribution in [0.25, 0.3) is 0 Å². The van der Waals surface area contributed by atoms with E-state index in [1.54, 1.807) is 13.8 Å². The molecule has 30 heavy (non-hydrogen) atoms. The quantitative estimate of drug-likeness (QED) is 0.616. The number of fused-ring (bicyclic) bond motifs is 2. The molecule has 4 rings (SSSR count). The number of anilines is 1. The van der Waals surface area contributed by atoms with E-state index in [0.717, 1.165) is 34.4 Å². The largest absolute Gasteiger partial charge is 0.391 e. The molecule has 0 bridgehead atoms. The second kappa shape index (κ2) is 7.94. The molecule has 2 aliphatic rings. The molecule has 162 valence electrons. The lowest BCUT2D eigenvalue weighted by Gasteiger charge is -2.48. The molecule has 6 heteroatoms. The van der Waals surface area contributed by atoms with Gasteiger partial charge in [0.2, 0.25) is 5.79 Å². The van der Waals surface area contributed by atoms with E-state index in [4.69, 9.17) is 9.47 Å². The van der Waals surface area contributed by atoms with Crippen LogP contribution in [0.1, 0.15) is 41.7 Å². The Morgan fingerprint density at radius 2 is 1.90 bits per heavy atom. The molecule has 2 aliphatic heterocycles. The standard InChI is InChI=1S/C24H31NO5/c1-13-9-18-12-29-24(23(28)14(2)21(27)22(30-24)15(3)26)20(18)11-17(13)10-16-5-7-19(25-4)8-6-16/h5-9,11,14-15,21-23,25-28H,10,12H2,1-4H3/t14?,15-,21+,22-,23-,24+/m1/s1. The number of hydrogen-bond donors (Lipinski definition) is 4. The van der Waals surface area contributed by atoms with E-state index >= 15 is 0 Å². The number of aryl methyl sites for hydroxylation is 1. The Morgan fingerprint density at radius 1 is 1.20 bits per heavy atom. The van der Waals surface area contributed by atoms with Gasteiger partial charge in [-0.2, -0.15) is 0 Å². The fourth-order valence-electron chi connectivity index (χ4n) is 4.62. The number of benzene rings is 2. The highest BCUT2D eigenvalue weighted by Crippen LogP contribution is 2.48. The van der Waals surface area contributed by atoms with E-state index in [1.165, 1.54) is 5.56 Å². The van der Waals surface area contributed by atoms with E-state index in [1.807, 2.05) is 19.2 Å². The Morgan fingerprint density at radius 3 is 2.53 bits per heavy atom. The average Bonchev–Trinajstić information content (AvgIpc) is 3.08. The normalized spacial score (nSPS) is 31.6. The third kappa shape index (κ3) is 3.43. The van der Waals surface area contributed by atoms with E-state index < -0.39 is 36.1 Å². The van der Waals surface area contributed by atoms with Crippen molar-refractivity contribution in [3.05, 3.63) is 64.2 Å². The van der Waals surface area contributed by atoms with E-state index in [-0.39, 0.29) is 0 Å². The summed E-state index contributed by atoms with van der Waals surface area (Å²) in [6.45, 7) is 5.73. The zero-order chi connectivity index (χ0) is 21.6. The van der Waals surface area contributed by atoms with Crippen molar-refractivity contribution >= 4 is 5.69 Å². The van der Waals surface area contributed by atoms with E-state index in [2.05, 4.69) is 36.5 Å². The average molecular weight is 414 g/mol. The van der Waals surface area contributed by atoms with Crippen molar-refractivity contribution in [3.8, 4) is 0 Å². The first kappa shape index (κ1) is 21.3. The summed E-state index contributed by atoms with van der Waals surface area (Å²) in [6, 6.07) is 12.4. The minimum atomic E-state index is -1.38. The third-order valence-electron chi connectivity index (χ3n) is 6.57. The molecule has 0 aromatic heterocycles. The summed E-state index contributed by atoms with van der Waals surface area (Å²) in [4.78, 5) is 0. The van der Waals surface area contributed by atoms with Crippen molar-refractivity contribution in [2.45, 2.75) is 64.0 Å². The molecule has 6 nitrogen and oxygen atoms in total. The summed E-state index contributed by atoms with van der Waals surface area (Å²) < 4.78 is 12.2. The molecular formula is C24H31NO5. The number of rotatable bonds is 4. The summed E-state index contributed by atoms with van der Waals surface area (Å²) in [5.41, 5.74) is 6.27. The molecule has 1 saturated heterocycles. The van der Waals surface area contributed by atoms with Gasteiger partial charge in [0.25, 0.3) is 0 Å². The van der Waals surface area contributed by atoms with Gasteiger partial charge in [0.05, 0.1) is 18.8 Å². The van der Waals surface area contributed by atoms with Gasteiger partial charge < -0.3 is 30.1 Å². The predicted octanol–water partition coefficient (Wildman–Crippen LogP) is 2.45. The summed E-state index contributed by atoms with van der Waals surface area (Å²) in [7, 11) is 1.90. The van der Waals surface area contributed by atoms with Gasteiger partial charge in [-0.1, -0.05) is 25.1 Å². The summed E-state index contributed by atoms with van der Waals surface area (Å²) in [6.07, 6.45) is -3.01. The van der Waals surface area contributed by atoms with Crippen LogP contribution in [0.2, 0.25) is 0 Å². The summed E-state index contributed by atoms with van der Waals surface area (Å²) in [5, 5.41) is 34.8. The Balaban J connectivity index is 1.72. The predicted molar refractivity (Wildman–Crippen MR) is 114 cm³/mol. The van der Waals surface area contributed by atoms with Crippen LogP contribution in [0.3, 0.4) is 0 Å². The van der Waals surface area contributed by atoms with Crippen molar-refractivity contribution in [2.24, 2.45) is 5.92 Å². The molecule has 0 saturated carbocycles. The van der Waals surface area contributed by atoms with Crippen LogP contribution in [0.5, 0.6) is 0 Å². The number of nitrogens with one attached hydrogen (secondary N) is 1. The number of aliphatic hydroxyl groups is 3. The molecule has 2 aromatic rings. The molecule has 0 radical (unpaired) electrons. The van der Waals surface area contributed by atoms with Gasteiger partial charge >= 0.3 is 0 Å². The summed E-state index contributed by atoms with van der Waals surface area (Å²) in [5.74, 6) is -1.89. The fourth-order valence-corrected chi connectivity index (χ4v) is 4.62. The second-order valence-corrected chi connectivity index (χ2v) is 8.63. The van der Waals surface area contributed by atoms with Crippen LogP contribution in [-0.4, -0.2) is 46.8 Å². The van der Waals surface area contributed by atoms with Gasteiger partial charge in [-0.3, -0.25) is 0 Å². The lowest BCUT2D eigenvalue weighted by atomic mass is 9.80. The zero-order valence-electron chi connectivity index (χ0n) is 17.9. The fraction of sp³-hybridized carbons (Fsp3) is 0.500. The molecule has 0 amide bonds. The monoisotopic (exact) mass is 413 g/mol. The van der Waals surface area contributed by atoms with Gasteiger partial charge in [0, 0.05) is 24.2 Å². The Bertz CT molecular complexity index is 913. The van der Waals surface area contributed by atoms with Crippen molar-refractivity contribution in [3.63, 3.8) is 0 Å². The van der Waals surface area contributed by atoms with Crippen LogP contribution in [0.4, 0.5) is 5.69 Å². The van der Waals surface area contributed by atoms with Gasteiger partial charge in [-0.05, 0) is 60.7 Å². The molecule has 0 aliphatic carbocycles. The first-order chi connectivity index (χ1) is 14.3. The number of hydrogen-bond acceptors (Lipinski definition) is 6. The van der Waals surface area contributed by atoms with Crippen molar-refractivity contribution < 1.29 is 24.8 Å². The van der Waals surface area contributed by atoms with Gasteiger partial charge in [-0.15, -0.1) is 0 Å². The number of ether oxygens (including phenoxy) is 2. The first-order valence-corrected chi connectivity index (χ1v) is 10.5. The molecule has 2 aromatic carbocycles. The lowest BCUT2D eigenvalue weighted by molar-refractivity contribution is -0.366. The van der Waals surface area contributed by atoms with Gasteiger partial charge in [0.1, 0.15) is 12.2 Å². The molecule has 6 atom stereocenters. The topological polar surface area (TPSA) is 91.2 Å². The molecule has 1 fully saturated rings. The maximum atomic E-state index is 11.1. The molecule has 1 spiro atoms. The van der Waals surface area contributed by atoms with E-state index in [9.17, 15) is 15.3 Å². The van der Waals surface area contributed by atoms with Crippen LogP contribution in [0.15, 0.2) is 36.4 Å². The highest BCUT2D eigenvalue weighted by atomic mass is 16.7. The SMILES string of the molecule is CNc1ccc(Cc2cc3c(cc2C)CO[C@]32O[C@H]([C@@H](C)O)[C@@H](O)C(C)[C@H]2O)cc1. The Kier molecular flexibility index (Phi) is 5.64. The Labute approximate surface area is 177 Å². The highest BCUT2D eigenvalue weighted by Gasteiger charge is 2.58. The van der Waals surface area contributed by atoms with Crippen LogP contribution in [0, 0.1) is 12.8 Å². The lowest BCUT2D eigenvalue weighted by Crippen LogP contribution is -2.61. The zero-order valence-corrected chi connectivity index (χ0v) is 17.9. The molecule has 4 N–H and O–H groups in total. The second-order valence-electron chi connectivity index (χ2n) is 8.63. The van der Waals surface area contributed by atoms with Crippen LogP contribution in [-0.2, 0) is 28.3 Å². The smallest absolute Gasteiger partial charge is 0.223 e. The van der Waals surface area contributed by atoms with Gasteiger partial charge in [-0.25, -0.2) is 0 Å². The summed E-state index contributed by atoms with van der Waals surface area (Å²) >= 11 is 0. The Hall–Kier alpha value is -1.96. The maximum absolute atomic E-state index is 11.1. The minimum Gasteiger partial charge on any atom is -0.391 e. The highest BCUT2D eigenvalue weighted by molar-refractivity contribution is 5.47. The van der Waals surface area contributed by atoms with Crippen LogP contribution < -0.4 is 5.32 Å². The van der Waals surface area contributed by atoms with Crippen molar-refractivity contribution in [1.29, 1.82) is 0 Å². The van der Waals surface area contributed by atoms with E-state index in [0.29, 0.717) is 6.61 Å². The van der Waals surface area contributed by atoms with Crippen LogP contribution >= 0.6 is 0 Å². The van der Waals surface area contributed by atoms with Crippen molar-refractivity contribution in [1.82, 2.24) is 0 Å². The first-order valence-electron chi connectivity index (χ1n) is 10.5.